The molecule has 0 fully saturated rings. The number of hydrogen-bond donors (Lipinski definition) is 1. The first-order chi connectivity index (χ1) is 17.3. The van der Waals surface area contributed by atoms with Crippen LogP contribution in [-0.4, -0.2) is 25.9 Å². The molecule has 0 saturated heterocycles. The fraction of sp³-hybridized carbons (Fsp3) is 0.444. The molecule has 37 heavy (non-hydrogen) atoms. The molecule has 1 N–H and O–H groups in total. The van der Waals surface area contributed by atoms with Gasteiger partial charge in [-0.05, 0) is 61.6 Å². The van der Waals surface area contributed by atoms with Gasteiger partial charge in [0, 0.05) is 12.2 Å². The average molecular weight is 535 g/mol. The molecule has 0 saturated carbocycles. The zero-order valence-electron chi connectivity index (χ0n) is 21.8. The Morgan fingerprint density at radius 1 is 1.03 bits per heavy atom. The van der Waals surface area contributed by atoms with Gasteiger partial charge >= 0.3 is 6.18 Å². The summed E-state index contributed by atoms with van der Waals surface area (Å²) in [5.41, 5.74) is 0.487. The van der Waals surface area contributed by atoms with Gasteiger partial charge in [-0.1, -0.05) is 57.7 Å². The molecule has 2 aromatic carbocycles. The number of amides is 1. The topological polar surface area (TPSA) is 69.0 Å². The van der Waals surface area contributed by atoms with E-state index in [9.17, 15) is 18.0 Å². The van der Waals surface area contributed by atoms with Crippen molar-refractivity contribution < 1.29 is 22.7 Å². The third-order valence-corrected chi connectivity index (χ3v) is 6.71. The number of ether oxygens (including phenoxy) is 1. The summed E-state index contributed by atoms with van der Waals surface area (Å²) in [6, 6.07) is 12.5. The van der Waals surface area contributed by atoms with E-state index in [0.29, 0.717) is 23.4 Å². The van der Waals surface area contributed by atoms with Crippen LogP contribution in [0.3, 0.4) is 0 Å². The lowest BCUT2D eigenvalue weighted by Gasteiger charge is -2.19. The van der Waals surface area contributed by atoms with Crippen LogP contribution in [0.4, 0.5) is 18.9 Å². The van der Waals surface area contributed by atoms with Gasteiger partial charge in [0.05, 0.1) is 10.8 Å². The molecule has 0 spiro atoms. The highest BCUT2D eigenvalue weighted by Gasteiger charge is 2.31. The maximum Gasteiger partial charge on any atom is 0.416 e. The van der Waals surface area contributed by atoms with Crippen LogP contribution in [0.2, 0.25) is 0 Å². The van der Waals surface area contributed by atoms with Crippen LogP contribution in [-0.2, 0) is 17.5 Å². The molecule has 1 heterocycles. The summed E-state index contributed by atoms with van der Waals surface area (Å²) >= 11 is 1.20. The molecule has 0 bridgehead atoms. The number of rotatable bonds is 10. The lowest BCUT2D eigenvalue weighted by atomic mass is 10.0. The van der Waals surface area contributed by atoms with Gasteiger partial charge in [0.2, 0.25) is 5.91 Å². The standard InChI is InChI=1S/C27H33F3N4O2S/c1-16(2)15-34-24(18(5)36-23-12-10-20(11-13-23)17(3)4)32-33-26(34)37-19(6)25(35)31-22-9-7-8-21(14-22)27(28,29)30/h7-14,16-19H,15H2,1-6H3,(H,31,35). The number of aromatic nitrogens is 3. The quantitative estimate of drug-likeness (QED) is 0.276. The van der Waals surface area contributed by atoms with E-state index in [-0.39, 0.29) is 17.7 Å². The Bertz CT molecular complexity index is 1190. The summed E-state index contributed by atoms with van der Waals surface area (Å²) in [7, 11) is 0. The molecule has 3 aromatic rings. The number of carbonyl (C=O) groups excluding carboxylic acids is 1. The van der Waals surface area contributed by atoms with E-state index in [1.165, 1.54) is 29.5 Å². The first-order valence-electron chi connectivity index (χ1n) is 12.2. The van der Waals surface area contributed by atoms with E-state index in [4.69, 9.17) is 4.74 Å². The Hall–Kier alpha value is -3.01. The van der Waals surface area contributed by atoms with E-state index in [0.717, 1.165) is 17.9 Å². The molecule has 1 aromatic heterocycles. The first-order valence-corrected chi connectivity index (χ1v) is 13.1. The molecule has 0 aliphatic heterocycles. The van der Waals surface area contributed by atoms with Gasteiger partial charge in [-0.3, -0.25) is 4.79 Å². The molecule has 6 nitrogen and oxygen atoms in total. The van der Waals surface area contributed by atoms with Crippen LogP contribution in [0.15, 0.2) is 53.7 Å². The maximum atomic E-state index is 13.0. The van der Waals surface area contributed by atoms with Gasteiger partial charge in [0.25, 0.3) is 0 Å². The minimum Gasteiger partial charge on any atom is -0.483 e. The Morgan fingerprint density at radius 2 is 1.70 bits per heavy atom. The van der Waals surface area contributed by atoms with Gasteiger partial charge in [0.1, 0.15) is 5.75 Å². The van der Waals surface area contributed by atoms with Crippen molar-refractivity contribution >= 4 is 23.4 Å². The molecule has 10 heteroatoms. The van der Waals surface area contributed by atoms with Crippen LogP contribution in [0.1, 0.15) is 70.5 Å². The number of alkyl halides is 3. The number of halogens is 3. The lowest BCUT2D eigenvalue weighted by molar-refractivity contribution is -0.137. The highest BCUT2D eigenvalue weighted by molar-refractivity contribution is 8.00. The third-order valence-electron chi connectivity index (χ3n) is 5.63. The third kappa shape index (κ3) is 7.74. The van der Waals surface area contributed by atoms with Crippen molar-refractivity contribution in [3.63, 3.8) is 0 Å². The van der Waals surface area contributed by atoms with Crippen molar-refractivity contribution in [3.8, 4) is 5.75 Å². The summed E-state index contributed by atoms with van der Waals surface area (Å²) in [5.74, 6) is 1.63. The summed E-state index contributed by atoms with van der Waals surface area (Å²) in [6.45, 7) is 12.6. The predicted molar refractivity (Wildman–Crippen MR) is 140 cm³/mol. The zero-order chi connectivity index (χ0) is 27.3. The number of nitrogens with one attached hydrogen (secondary N) is 1. The summed E-state index contributed by atoms with van der Waals surface area (Å²) in [4.78, 5) is 12.8. The number of anilines is 1. The average Bonchev–Trinajstić information content (AvgIpc) is 3.20. The molecular weight excluding hydrogens is 501 g/mol. The van der Waals surface area contributed by atoms with Crippen molar-refractivity contribution in [3.05, 3.63) is 65.5 Å². The highest BCUT2D eigenvalue weighted by Crippen LogP contribution is 2.32. The van der Waals surface area contributed by atoms with E-state index in [1.807, 2.05) is 35.8 Å². The number of nitrogens with zero attached hydrogens (tertiary/aromatic N) is 3. The van der Waals surface area contributed by atoms with E-state index >= 15 is 0 Å². The largest absolute Gasteiger partial charge is 0.483 e. The molecule has 0 aliphatic rings. The van der Waals surface area contributed by atoms with Crippen LogP contribution in [0, 0.1) is 5.92 Å². The van der Waals surface area contributed by atoms with Gasteiger partial charge in [-0.25, -0.2) is 0 Å². The molecule has 0 radical (unpaired) electrons. The second-order valence-corrected chi connectivity index (χ2v) is 11.0. The summed E-state index contributed by atoms with van der Waals surface area (Å²) < 4.78 is 47.1. The number of thioether (sulfide) groups is 1. The molecule has 2 atom stereocenters. The monoisotopic (exact) mass is 534 g/mol. The van der Waals surface area contributed by atoms with Gasteiger partial charge in [-0.2, -0.15) is 13.2 Å². The second-order valence-electron chi connectivity index (χ2n) is 9.66. The molecule has 2 unspecified atom stereocenters. The Morgan fingerprint density at radius 3 is 2.30 bits per heavy atom. The fourth-order valence-electron chi connectivity index (χ4n) is 3.64. The minimum atomic E-state index is -4.49. The van der Waals surface area contributed by atoms with Crippen LogP contribution in [0.25, 0.3) is 0 Å². The van der Waals surface area contributed by atoms with Gasteiger partial charge < -0.3 is 14.6 Å². The van der Waals surface area contributed by atoms with E-state index in [2.05, 4.69) is 43.2 Å². The minimum absolute atomic E-state index is 0.0853. The first kappa shape index (κ1) is 28.6. The normalized spacial score (nSPS) is 13.6. The van der Waals surface area contributed by atoms with Crippen molar-refractivity contribution in [2.45, 2.75) is 76.7 Å². The molecule has 0 aliphatic carbocycles. The van der Waals surface area contributed by atoms with Crippen LogP contribution < -0.4 is 10.1 Å². The lowest BCUT2D eigenvalue weighted by Crippen LogP contribution is -2.23. The smallest absolute Gasteiger partial charge is 0.416 e. The van der Waals surface area contributed by atoms with Crippen molar-refractivity contribution in [1.82, 2.24) is 14.8 Å². The van der Waals surface area contributed by atoms with E-state index in [1.54, 1.807) is 6.92 Å². The second kappa shape index (κ2) is 12.0. The molecule has 3 rings (SSSR count). The SMILES string of the molecule is CC(C)Cn1c(SC(C)C(=O)Nc2cccc(C(F)(F)F)c2)nnc1C(C)Oc1ccc(C(C)C)cc1. The Kier molecular flexibility index (Phi) is 9.28. The summed E-state index contributed by atoms with van der Waals surface area (Å²) in [5, 5.41) is 11.2. The van der Waals surface area contributed by atoms with Crippen molar-refractivity contribution in [1.29, 1.82) is 0 Å². The highest BCUT2D eigenvalue weighted by atomic mass is 32.2. The van der Waals surface area contributed by atoms with Crippen molar-refractivity contribution in [2.75, 3.05) is 5.32 Å². The maximum absolute atomic E-state index is 13.0. The van der Waals surface area contributed by atoms with Crippen LogP contribution >= 0.6 is 11.8 Å². The van der Waals surface area contributed by atoms with Crippen molar-refractivity contribution in [2.24, 2.45) is 5.92 Å². The fourth-order valence-corrected chi connectivity index (χ4v) is 4.51. The van der Waals surface area contributed by atoms with Gasteiger partial charge in [-0.15, -0.1) is 10.2 Å². The number of carbonyl (C=O) groups is 1. The predicted octanol–water partition coefficient (Wildman–Crippen LogP) is 7.34. The number of hydrogen-bond acceptors (Lipinski definition) is 5. The molecule has 200 valence electrons. The number of benzene rings is 2. The zero-order valence-corrected chi connectivity index (χ0v) is 22.7. The molecule has 1 amide bonds. The Labute approximate surface area is 220 Å². The van der Waals surface area contributed by atoms with E-state index < -0.39 is 22.9 Å². The van der Waals surface area contributed by atoms with Gasteiger partial charge in [0.15, 0.2) is 17.1 Å². The van der Waals surface area contributed by atoms with Crippen LogP contribution in [0.5, 0.6) is 5.75 Å². The summed E-state index contributed by atoms with van der Waals surface area (Å²) in [6.07, 6.45) is -4.88. The Balaban J connectivity index is 1.74. The molecular formula is C27H33F3N4O2S.